The maximum Gasteiger partial charge on any atom is 0.216 e. The Labute approximate surface area is 156 Å². The van der Waals surface area contributed by atoms with E-state index >= 15 is 0 Å². The molecule has 1 amide bonds. The van der Waals surface area contributed by atoms with Crippen molar-refractivity contribution >= 4 is 5.91 Å². The second kappa shape index (κ2) is 8.23. The zero-order valence-electron chi connectivity index (χ0n) is 15.0. The molecule has 27 heavy (non-hydrogen) atoms. The Balaban J connectivity index is 1.72. The molecule has 0 aromatic carbocycles. The van der Waals surface area contributed by atoms with Gasteiger partial charge in [-0.25, -0.2) is 0 Å². The number of nitrogens with two attached hydrogens (primary N) is 2. The first-order valence-corrected chi connectivity index (χ1v) is 8.91. The average Bonchev–Trinajstić information content (AvgIpc) is 2.98. The van der Waals surface area contributed by atoms with E-state index < -0.39 is 37.0 Å². The van der Waals surface area contributed by atoms with Gasteiger partial charge in [-0.15, -0.1) is 0 Å². The Bertz CT molecular complexity index is 613. The Morgan fingerprint density at radius 3 is 2.67 bits per heavy atom. The second-order valence-corrected chi connectivity index (χ2v) is 7.05. The molecule has 0 aromatic rings. The minimum absolute atomic E-state index is 0.0452. The summed E-state index contributed by atoms with van der Waals surface area (Å²) in [5, 5.41) is 33.0. The fourth-order valence-corrected chi connectivity index (χ4v) is 3.75. The van der Waals surface area contributed by atoms with E-state index in [2.05, 4.69) is 5.32 Å². The third-order valence-corrected chi connectivity index (χ3v) is 5.23. The lowest BCUT2D eigenvalue weighted by molar-refractivity contribution is -0.335. The highest BCUT2D eigenvalue weighted by molar-refractivity contribution is 5.72. The Morgan fingerprint density at radius 1 is 1.26 bits per heavy atom. The van der Waals surface area contributed by atoms with Crippen LogP contribution in [0.15, 0.2) is 24.0 Å². The molecule has 0 aromatic heterocycles. The predicted molar refractivity (Wildman–Crippen MR) is 92.6 cm³/mol. The van der Waals surface area contributed by atoms with Gasteiger partial charge in [0.2, 0.25) is 12.2 Å². The van der Waals surface area contributed by atoms with Crippen LogP contribution in [-0.2, 0) is 19.0 Å². The van der Waals surface area contributed by atoms with Crippen molar-refractivity contribution in [3.8, 4) is 0 Å². The summed E-state index contributed by atoms with van der Waals surface area (Å²) >= 11 is 0. The molecule has 10 nitrogen and oxygen atoms in total. The maximum absolute atomic E-state index is 11.1. The standard InChI is InChI=1S/C17H27N3O7/c1-7(21)20-6-11-13(22)14(23)15(24)17(26-11)27-16-12-8(5-18)4-10(19)9(12)2-3-25-16/h2-4,9-17,22-24H,5-6,18-19H2,1H3,(H,20,21)/t9-,10-,11+,12+,13+,14-,15+,16-,17-/m0/s1. The van der Waals surface area contributed by atoms with Crippen LogP contribution < -0.4 is 16.8 Å². The zero-order valence-corrected chi connectivity index (χ0v) is 15.0. The molecule has 10 heteroatoms. The van der Waals surface area contributed by atoms with Gasteiger partial charge < -0.3 is 46.3 Å². The molecule has 152 valence electrons. The van der Waals surface area contributed by atoms with Gasteiger partial charge in [-0.3, -0.25) is 4.79 Å². The van der Waals surface area contributed by atoms with Crippen LogP contribution in [-0.4, -0.2) is 77.4 Å². The van der Waals surface area contributed by atoms with Gasteiger partial charge in [0.15, 0.2) is 6.29 Å². The quantitative estimate of drug-likeness (QED) is 0.275. The third-order valence-electron chi connectivity index (χ3n) is 5.23. The largest absolute Gasteiger partial charge is 0.472 e. The lowest BCUT2D eigenvalue weighted by atomic mass is 9.87. The van der Waals surface area contributed by atoms with Crippen LogP contribution in [0.1, 0.15) is 6.92 Å². The van der Waals surface area contributed by atoms with E-state index in [1.54, 1.807) is 0 Å². The van der Waals surface area contributed by atoms with Gasteiger partial charge in [-0.1, -0.05) is 6.08 Å². The lowest BCUT2D eigenvalue weighted by Crippen LogP contribution is -2.61. The molecule has 3 rings (SSSR count). The molecule has 0 bridgehead atoms. The maximum atomic E-state index is 11.1. The summed E-state index contributed by atoms with van der Waals surface area (Å²) in [7, 11) is 0. The zero-order chi connectivity index (χ0) is 19.7. The van der Waals surface area contributed by atoms with Crippen molar-refractivity contribution in [2.75, 3.05) is 13.1 Å². The number of fused-ring (bicyclic) bond motifs is 1. The number of amides is 1. The lowest BCUT2D eigenvalue weighted by Gasteiger charge is -2.43. The van der Waals surface area contributed by atoms with Crippen LogP contribution >= 0.6 is 0 Å². The Morgan fingerprint density at radius 2 is 2.00 bits per heavy atom. The summed E-state index contributed by atoms with van der Waals surface area (Å²) in [6, 6.07) is -0.225. The summed E-state index contributed by atoms with van der Waals surface area (Å²) in [5.41, 5.74) is 12.8. The monoisotopic (exact) mass is 385 g/mol. The van der Waals surface area contributed by atoms with Crippen molar-refractivity contribution in [1.82, 2.24) is 5.32 Å². The van der Waals surface area contributed by atoms with E-state index in [0.717, 1.165) is 5.57 Å². The molecule has 3 aliphatic rings. The molecule has 1 saturated heterocycles. The summed E-state index contributed by atoms with van der Waals surface area (Å²) < 4.78 is 17.0. The molecule has 0 radical (unpaired) electrons. The molecule has 2 heterocycles. The summed E-state index contributed by atoms with van der Waals surface area (Å²) in [6.07, 6.45) is -2.25. The molecule has 0 saturated carbocycles. The summed E-state index contributed by atoms with van der Waals surface area (Å²) in [4.78, 5) is 11.1. The average molecular weight is 385 g/mol. The van der Waals surface area contributed by atoms with Crippen LogP contribution in [0.25, 0.3) is 0 Å². The summed E-state index contributed by atoms with van der Waals surface area (Å²) in [5.74, 6) is -0.623. The van der Waals surface area contributed by atoms with Gasteiger partial charge in [0.25, 0.3) is 0 Å². The number of aliphatic hydroxyl groups excluding tert-OH is 3. The SMILES string of the molecule is CC(=O)NC[C@H]1O[C@@H](O[C@@H]2OC=C[C@@H]3[C@H]2C(CN)=C[C@@H]3N)[C@H](O)[C@@H](O)[C@@H]1O. The molecule has 1 aliphatic carbocycles. The van der Waals surface area contributed by atoms with E-state index in [9.17, 15) is 20.1 Å². The van der Waals surface area contributed by atoms with Crippen LogP contribution in [0.4, 0.5) is 0 Å². The molecule has 0 spiro atoms. The minimum atomic E-state index is -1.51. The van der Waals surface area contributed by atoms with Crippen LogP contribution in [0.5, 0.6) is 0 Å². The molecule has 8 N–H and O–H groups in total. The van der Waals surface area contributed by atoms with Gasteiger partial charge in [0.1, 0.15) is 24.4 Å². The fraction of sp³-hybridized carbons (Fsp3) is 0.706. The van der Waals surface area contributed by atoms with Crippen molar-refractivity contribution in [2.45, 2.75) is 50.0 Å². The van der Waals surface area contributed by atoms with Crippen molar-refractivity contribution in [3.05, 3.63) is 24.0 Å². The van der Waals surface area contributed by atoms with Gasteiger partial charge in [0.05, 0.1) is 12.2 Å². The van der Waals surface area contributed by atoms with E-state index in [-0.39, 0.29) is 36.9 Å². The molecule has 9 atom stereocenters. The van der Waals surface area contributed by atoms with E-state index in [1.165, 1.54) is 13.2 Å². The third kappa shape index (κ3) is 4.02. The number of ether oxygens (including phenoxy) is 3. The minimum Gasteiger partial charge on any atom is -0.472 e. The highest BCUT2D eigenvalue weighted by atomic mass is 16.8. The normalized spacial score (nSPS) is 43.6. The summed E-state index contributed by atoms with van der Waals surface area (Å²) in [6.45, 7) is 1.56. The molecule has 0 unspecified atom stereocenters. The van der Waals surface area contributed by atoms with Gasteiger partial charge in [0, 0.05) is 32.0 Å². The van der Waals surface area contributed by atoms with Crippen LogP contribution in [0, 0.1) is 11.8 Å². The van der Waals surface area contributed by atoms with Crippen molar-refractivity contribution in [3.63, 3.8) is 0 Å². The topological polar surface area (TPSA) is 170 Å². The first kappa shape index (κ1) is 20.2. The highest BCUT2D eigenvalue weighted by Crippen LogP contribution is 2.40. The second-order valence-electron chi connectivity index (χ2n) is 7.05. The highest BCUT2D eigenvalue weighted by Gasteiger charge is 2.48. The Hall–Kier alpha value is -1.53. The number of aliphatic hydroxyl groups is 3. The first-order valence-electron chi connectivity index (χ1n) is 8.91. The van der Waals surface area contributed by atoms with Gasteiger partial charge in [-0.2, -0.15) is 0 Å². The number of rotatable bonds is 5. The van der Waals surface area contributed by atoms with Gasteiger partial charge >= 0.3 is 0 Å². The van der Waals surface area contributed by atoms with Crippen molar-refractivity contribution in [1.29, 1.82) is 0 Å². The number of carbonyl (C=O) groups excluding carboxylic acids is 1. The Kier molecular flexibility index (Phi) is 6.16. The number of carbonyl (C=O) groups is 1. The van der Waals surface area contributed by atoms with Gasteiger partial charge in [-0.05, 0) is 11.6 Å². The number of hydrogen-bond acceptors (Lipinski definition) is 9. The van der Waals surface area contributed by atoms with E-state index in [1.807, 2.05) is 12.2 Å². The molecule has 1 fully saturated rings. The number of hydrogen-bond donors (Lipinski definition) is 6. The van der Waals surface area contributed by atoms with Crippen molar-refractivity contribution < 1.29 is 34.3 Å². The van der Waals surface area contributed by atoms with E-state index in [0.29, 0.717) is 0 Å². The van der Waals surface area contributed by atoms with Crippen molar-refractivity contribution in [2.24, 2.45) is 23.3 Å². The predicted octanol–water partition coefficient (Wildman–Crippen LogP) is -2.72. The fourth-order valence-electron chi connectivity index (χ4n) is 3.75. The molecule has 2 aliphatic heterocycles. The molecular formula is C17H27N3O7. The first-order chi connectivity index (χ1) is 12.8. The van der Waals surface area contributed by atoms with Crippen LogP contribution in [0.2, 0.25) is 0 Å². The van der Waals surface area contributed by atoms with Crippen LogP contribution in [0.3, 0.4) is 0 Å². The smallest absolute Gasteiger partial charge is 0.216 e. The van der Waals surface area contributed by atoms with E-state index in [4.69, 9.17) is 25.7 Å². The molecular weight excluding hydrogens is 358 g/mol. The number of nitrogens with one attached hydrogen (secondary N) is 1.